The number of hydrogen-bond donors (Lipinski definition) is 1. The van der Waals surface area contributed by atoms with Gasteiger partial charge in [0.15, 0.2) is 5.82 Å². The first kappa shape index (κ1) is 12.9. The van der Waals surface area contributed by atoms with Crippen LogP contribution in [0.2, 0.25) is 0 Å². The first-order valence-electron chi connectivity index (χ1n) is 6.19. The van der Waals surface area contributed by atoms with Crippen LogP contribution in [0.5, 0.6) is 0 Å². The van der Waals surface area contributed by atoms with Crippen LogP contribution in [0.4, 0.5) is 0 Å². The summed E-state index contributed by atoms with van der Waals surface area (Å²) in [7, 11) is 0. The summed E-state index contributed by atoms with van der Waals surface area (Å²) in [6.45, 7) is 1.76. The highest BCUT2D eigenvalue weighted by atomic mass is 16.4. The van der Waals surface area contributed by atoms with Crippen molar-refractivity contribution in [3.63, 3.8) is 0 Å². The van der Waals surface area contributed by atoms with Gasteiger partial charge >= 0.3 is 5.97 Å². The van der Waals surface area contributed by atoms with Gasteiger partial charge in [-0.25, -0.2) is 14.5 Å². The number of hydrogen-bond acceptors (Lipinski definition) is 5. The monoisotopic (exact) mass is 281 g/mol. The second-order valence-corrected chi connectivity index (χ2v) is 4.32. The number of carboxylic acids is 1. The molecule has 0 bridgehead atoms. The van der Waals surface area contributed by atoms with Crippen molar-refractivity contribution in [1.82, 2.24) is 24.7 Å². The third kappa shape index (κ3) is 2.36. The molecular formula is C14H11N5O2. The zero-order valence-corrected chi connectivity index (χ0v) is 11.1. The first-order chi connectivity index (χ1) is 10.2. The molecule has 0 saturated carbocycles. The molecule has 0 aliphatic rings. The topological polar surface area (TPSA) is 93.8 Å². The summed E-state index contributed by atoms with van der Waals surface area (Å²) in [5.41, 5.74) is 1.40. The number of carbonyl (C=O) groups is 1. The number of pyridine rings is 1. The third-order valence-corrected chi connectivity index (χ3v) is 2.93. The zero-order chi connectivity index (χ0) is 14.8. The van der Waals surface area contributed by atoms with Crippen molar-refractivity contribution in [2.45, 2.75) is 6.92 Å². The number of aromatic carboxylic acids is 1. The van der Waals surface area contributed by atoms with Crippen molar-refractivity contribution in [2.24, 2.45) is 0 Å². The molecule has 0 fully saturated rings. The number of aromatic nitrogens is 5. The molecule has 0 radical (unpaired) electrons. The molecule has 3 aromatic rings. The molecule has 0 saturated heterocycles. The number of nitrogens with zero attached hydrogens (tertiary/aromatic N) is 5. The lowest BCUT2D eigenvalue weighted by Gasteiger charge is -2.01. The van der Waals surface area contributed by atoms with Gasteiger partial charge in [0.2, 0.25) is 0 Å². The van der Waals surface area contributed by atoms with E-state index in [9.17, 15) is 9.90 Å². The summed E-state index contributed by atoms with van der Waals surface area (Å²) in [6, 6.07) is 5.32. The van der Waals surface area contributed by atoms with Gasteiger partial charge in [-0.3, -0.25) is 9.97 Å². The Bertz CT molecular complexity index is 798. The lowest BCUT2D eigenvalue weighted by molar-refractivity contribution is 0.0697. The van der Waals surface area contributed by atoms with Crippen molar-refractivity contribution in [3.8, 4) is 17.2 Å². The van der Waals surface area contributed by atoms with E-state index < -0.39 is 5.97 Å². The summed E-state index contributed by atoms with van der Waals surface area (Å²) in [5.74, 6) is -0.537. The van der Waals surface area contributed by atoms with Gasteiger partial charge in [0.05, 0.1) is 5.69 Å². The van der Waals surface area contributed by atoms with E-state index in [0.717, 1.165) is 0 Å². The van der Waals surface area contributed by atoms with Gasteiger partial charge < -0.3 is 5.11 Å². The maximum Gasteiger partial charge on any atom is 0.339 e. The molecule has 7 heteroatoms. The highest BCUT2D eigenvalue weighted by molar-refractivity contribution is 5.94. The second-order valence-electron chi connectivity index (χ2n) is 4.32. The second kappa shape index (κ2) is 5.12. The number of rotatable bonds is 3. The Morgan fingerprint density at radius 3 is 2.57 bits per heavy atom. The standard InChI is InChI=1S/C14H11N5O2/c1-9-12(17-7-6-15-9)13-10(14(20)21)8-19(18-13)11-4-2-3-5-16-11/h2-8H,1H3,(H,20,21). The van der Waals surface area contributed by atoms with Gasteiger partial charge in [-0.15, -0.1) is 0 Å². The van der Waals surface area contributed by atoms with E-state index in [4.69, 9.17) is 0 Å². The Kier molecular flexibility index (Phi) is 3.15. The van der Waals surface area contributed by atoms with Gasteiger partial charge in [0.25, 0.3) is 0 Å². The minimum Gasteiger partial charge on any atom is -0.478 e. The van der Waals surface area contributed by atoms with Crippen LogP contribution in [0.15, 0.2) is 43.0 Å². The van der Waals surface area contributed by atoms with E-state index in [2.05, 4.69) is 20.1 Å². The average molecular weight is 281 g/mol. The molecule has 3 heterocycles. The molecule has 1 N–H and O–H groups in total. The van der Waals surface area contributed by atoms with Crippen LogP contribution in [-0.2, 0) is 0 Å². The molecule has 0 unspecified atom stereocenters. The van der Waals surface area contributed by atoms with Gasteiger partial charge in [-0.05, 0) is 19.1 Å². The van der Waals surface area contributed by atoms with E-state index in [1.807, 2.05) is 0 Å². The van der Waals surface area contributed by atoms with E-state index >= 15 is 0 Å². The van der Waals surface area contributed by atoms with Crippen LogP contribution in [0, 0.1) is 6.92 Å². The van der Waals surface area contributed by atoms with E-state index in [-0.39, 0.29) is 11.3 Å². The SMILES string of the molecule is Cc1nccnc1-c1nn(-c2ccccn2)cc1C(=O)O. The summed E-state index contributed by atoms with van der Waals surface area (Å²) >= 11 is 0. The summed E-state index contributed by atoms with van der Waals surface area (Å²) in [5, 5.41) is 13.7. The molecule has 0 atom stereocenters. The third-order valence-electron chi connectivity index (χ3n) is 2.93. The van der Waals surface area contributed by atoms with Gasteiger partial charge in [0.1, 0.15) is 17.0 Å². The Morgan fingerprint density at radius 2 is 1.90 bits per heavy atom. The van der Waals surface area contributed by atoms with E-state index in [0.29, 0.717) is 17.2 Å². The molecule has 3 aromatic heterocycles. The Morgan fingerprint density at radius 1 is 1.10 bits per heavy atom. The summed E-state index contributed by atoms with van der Waals surface area (Å²) < 4.78 is 1.42. The zero-order valence-electron chi connectivity index (χ0n) is 11.1. The fourth-order valence-corrected chi connectivity index (χ4v) is 1.95. The van der Waals surface area contributed by atoms with Crippen LogP contribution >= 0.6 is 0 Å². The van der Waals surface area contributed by atoms with Crippen LogP contribution in [0.1, 0.15) is 16.1 Å². The molecule has 0 amide bonds. The molecule has 0 aliphatic carbocycles. The Balaban J connectivity index is 2.19. The molecule has 0 spiro atoms. The summed E-state index contributed by atoms with van der Waals surface area (Å²) in [4.78, 5) is 23.9. The predicted octanol–water partition coefficient (Wildman–Crippen LogP) is 1.73. The highest BCUT2D eigenvalue weighted by Crippen LogP contribution is 2.23. The Labute approximate surface area is 119 Å². The molecule has 21 heavy (non-hydrogen) atoms. The van der Waals surface area contributed by atoms with Crippen LogP contribution in [0.3, 0.4) is 0 Å². The van der Waals surface area contributed by atoms with Crippen LogP contribution in [-0.4, -0.2) is 35.8 Å². The van der Waals surface area contributed by atoms with Crippen molar-refractivity contribution in [1.29, 1.82) is 0 Å². The van der Waals surface area contributed by atoms with Crippen LogP contribution in [0.25, 0.3) is 17.2 Å². The highest BCUT2D eigenvalue weighted by Gasteiger charge is 2.20. The average Bonchev–Trinajstić information content (AvgIpc) is 2.94. The van der Waals surface area contributed by atoms with Crippen molar-refractivity contribution in [3.05, 3.63) is 54.2 Å². The quantitative estimate of drug-likeness (QED) is 0.785. The maximum atomic E-state index is 11.4. The van der Waals surface area contributed by atoms with E-state index in [1.165, 1.54) is 17.1 Å². The molecule has 7 nitrogen and oxygen atoms in total. The van der Waals surface area contributed by atoms with Gasteiger partial charge in [-0.1, -0.05) is 6.07 Å². The first-order valence-corrected chi connectivity index (χ1v) is 6.19. The lowest BCUT2D eigenvalue weighted by atomic mass is 10.1. The fraction of sp³-hybridized carbons (Fsp3) is 0.0714. The maximum absolute atomic E-state index is 11.4. The normalized spacial score (nSPS) is 10.5. The predicted molar refractivity (Wildman–Crippen MR) is 74.1 cm³/mol. The van der Waals surface area contributed by atoms with Crippen molar-refractivity contribution in [2.75, 3.05) is 0 Å². The van der Waals surface area contributed by atoms with Gasteiger partial charge in [0, 0.05) is 24.8 Å². The molecule has 0 aromatic carbocycles. The van der Waals surface area contributed by atoms with Crippen LogP contribution < -0.4 is 0 Å². The molecule has 104 valence electrons. The number of carboxylic acid groups (broad SMARTS) is 1. The largest absolute Gasteiger partial charge is 0.478 e. The summed E-state index contributed by atoms with van der Waals surface area (Å²) in [6.07, 6.45) is 6.10. The smallest absolute Gasteiger partial charge is 0.339 e. The number of aryl methyl sites for hydroxylation is 1. The minimum absolute atomic E-state index is 0.0595. The molecular weight excluding hydrogens is 270 g/mol. The lowest BCUT2D eigenvalue weighted by Crippen LogP contribution is -2.00. The Hall–Kier alpha value is -3.09. The minimum atomic E-state index is -1.07. The van der Waals surface area contributed by atoms with Crippen molar-refractivity contribution < 1.29 is 9.90 Å². The molecule has 0 aliphatic heterocycles. The van der Waals surface area contributed by atoms with E-state index in [1.54, 1.807) is 37.5 Å². The van der Waals surface area contributed by atoms with Gasteiger partial charge in [-0.2, -0.15) is 5.10 Å². The molecule has 3 rings (SSSR count). The fourth-order valence-electron chi connectivity index (χ4n) is 1.95. The van der Waals surface area contributed by atoms with Crippen molar-refractivity contribution >= 4 is 5.97 Å².